The lowest BCUT2D eigenvalue weighted by molar-refractivity contribution is -0.0682. The summed E-state index contributed by atoms with van der Waals surface area (Å²) >= 11 is 0. The van der Waals surface area contributed by atoms with Crippen molar-refractivity contribution >= 4 is 6.03 Å². The van der Waals surface area contributed by atoms with E-state index < -0.39 is 0 Å². The van der Waals surface area contributed by atoms with Crippen LogP contribution in [-0.2, 0) is 11.2 Å². The van der Waals surface area contributed by atoms with Crippen molar-refractivity contribution in [1.82, 2.24) is 9.80 Å². The van der Waals surface area contributed by atoms with Crippen LogP contribution in [0.1, 0.15) is 48.4 Å². The van der Waals surface area contributed by atoms with Crippen molar-refractivity contribution in [2.45, 2.75) is 43.7 Å². The fraction of sp³-hybridized carbons (Fsp3) is 0.458. The summed E-state index contributed by atoms with van der Waals surface area (Å²) in [7, 11) is 0. The van der Waals surface area contributed by atoms with Gasteiger partial charge in [-0.15, -0.1) is 0 Å². The Bertz CT molecular complexity index is 892. The van der Waals surface area contributed by atoms with Crippen LogP contribution in [0.15, 0.2) is 48.5 Å². The topological polar surface area (TPSA) is 32.8 Å². The molecule has 0 saturated carbocycles. The van der Waals surface area contributed by atoms with Crippen LogP contribution in [0.25, 0.3) is 0 Å². The molecule has 2 amide bonds. The van der Waals surface area contributed by atoms with Crippen LogP contribution in [0.2, 0.25) is 0 Å². The molecule has 2 aromatic carbocycles. The molecule has 0 unspecified atom stereocenters. The molecule has 0 aliphatic carbocycles. The predicted octanol–water partition coefficient (Wildman–Crippen LogP) is 4.54. The molecule has 2 saturated heterocycles. The number of rotatable bonds is 1. The molecule has 152 valence electrons. The molecule has 3 aliphatic heterocycles. The van der Waals surface area contributed by atoms with E-state index in [0.717, 1.165) is 50.0 Å². The van der Waals surface area contributed by atoms with Gasteiger partial charge in [-0.3, -0.25) is 0 Å². The highest BCUT2D eigenvalue weighted by atomic mass is 19.1. The van der Waals surface area contributed by atoms with E-state index >= 15 is 0 Å². The van der Waals surface area contributed by atoms with Crippen molar-refractivity contribution in [3.8, 4) is 0 Å². The van der Waals surface area contributed by atoms with Crippen molar-refractivity contribution in [3.63, 3.8) is 0 Å². The number of nitrogens with zero attached hydrogens (tertiary/aromatic N) is 2. The zero-order valence-corrected chi connectivity index (χ0v) is 16.6. The van der Waals surface area contributed by atoms with E-state index in [9.17, 15) is 9.18 Å². The van der Waals surface area contributed by atoms with E-state index in [1.165, 1.54) is 24.1 Å². The van der Waals surface area contributed by atoms with Crippen LogP contribution in [-0.4, -0.2) is 47.7 Å². The molecule has 2 atom stereocenters. The van der Waals surface area contributed by atoms with Gasteiger partial charge < -0.3 is 14.5 Å². The van der Waals surface area contributed by atoms with Crippen LogP contribution in [0, 0.1) is 5.82 Å². The van der Waals surface area contributed by atoms with Gasteiger partial charge in [-0.25, -0.2) is 9.18 Å². The van der Waals surface area contributed by atoms with Crippen LogP contribution < -0.4 is 0 Å². The normalized spacial score (nSPS) is 26.6. The molecule has 5 heteroatoms. The summed E-state index contributed by atoms with van der Waals surface area (Å²) in [6, 6.07) is 14.7. The standard InChI is InChI=1S/C24H27FN2O2/c25-20-9-7-19(8-10-20)22-21-6-2-1-5-18(21)11-14-27(22)23(28)26-15-13-24(17-26)12-3-4-16-29-24/h1-2,5-10,22H,3-4,11-17H2/t22-,24+/m0/s1. The summed E-state index contributed by atoms with van der Waals surface area (Å²) in [6.45, 7) is 2.90. The Kier molecular flexibility index (Phi) is 4.78. The third kappa shape index (κ3) is 3.42. The first kappa shape index (κ1) is 18.6. The third-order valence-electron chi connectivity index (χ3n) is 6.74. The van der Waals surface area contributed by atoms with Gasteiger partial charge in [0.25, 0.3) is 0 Å². The van der Waals surface area contributed by atoms with E-state index in [0.29, 0.717) is 13.1 Å². The van der Waals surface area contributed by atoms with Crippen molar-refractivity contribution in [1.29, 1.82) is 0 Å². The number of likely N-dealkylation sites (tertiary alicyclic amines) is 1. The van der Waals surface area contributed by atoms with E-state index in [2.05, 4.69) is 12.1 Å². The lowest BCUT2D eigenvalue weighted by atomic mass is 9.88. The number of halogens is 1. The summed E-state index contributed by atoms with van der Waals surface area (Å²) in [4.78, 5) is 17.5. The number of carbonyl (C=O) groups is 1. The second-order valence-electron chi connectivity index (χ2n) is 8.54. The van der Waals surface area contributed by atoms with Gasteiger partial charge in [0.1, 0.15) is 5.82 Å². The minimum absolute atomic E-state index is 0.0693. The molecule has 0 N–H and O–H groups in total. The zero-order chi connectivity index (χ0) is 19.8. The number of amides is 2. The summed E-state index contributed by atoms with van der Waals surface area (Å²) in [6.07, 6.45) is 5.10. The van der Waals surface area contributed by atoms with Crippen molar-refractivity contribution in [2.75, 3.05) is 26.2 Å². The first-order valence-electron chi connectivity index (χ1n) is 10.7. The predicted molar refractivity (Wildman–Crippen MR) is 109 cm³/mol. The van der Waals surface area contributed by atoms with Gasteiger partial charge in [0.2, 0.25) is 0 Å². The molecule has 0 aromatic heterocycles. The molecule has 3 heterocycles. The maximum Gasteiger partial charge on any atom is 0.320 e. The minimum atomic E-state index is -0.258. The second-order valence-corrected chi connectivity index (χ2v) is 8.54. The van der Waals surface area contributed by atoms with E-state index in [-0.39, 0.29) is 23.5 Å². The van der Waals surface area contributed by atoms with Crippen LogP contribution in [0.4, 0.5) is 9.18 Å². The Balaban J connectivity index is 1.45. The summed E-state index contributed by atoms with van der Waals surface area (Å²) in [5.41, 5.74) is 3.21. The minimum Gasteiger partial charge on any atom is -0.373 e. The number of carbonyl (C=O) groups excluding carboxylic acids is 1. The molecule has 0 radical (unpaired) electrons. The Morgan fingerprint density at radius 2 is 1.86 bits per heavy atom. The van der Waals surface area contributed by atoms with Gasteiger partial charge in [-0.2, -0.15) is 0 Å². The van der Waals surface area contributed by atoms with Gasteiger partial charge in [-0.05, 0) is 60.9 Å². The highest BCUT2D eigenvalue weighted by Crippen LogP contribution is 2.38. The molecule has 0 bridgehead atoms. The maximum absolute atomic E-state index is 13.6. The average Bonchev–Trinajstić information content (AvgIpc) is 3.17. The monoisotopic (exact) mass is 394 g/mol. The van der Waals surface area contributed by atoms with Gasteiger partial charge >= 0.3 is 6.03 Å². The Labute approximate surface area is 171 Å². The van der Waals surface area contributed by atoms with Gasteiger partial charge in [-0.1, -0.05) is 36.4 Å². The number of benzene rings is 2. The summed E-state index contributed by atoms with van der Waals surface area (Å²) in [5.74, 6) is -0.258. The first-order chi connectivity index (χ1) is 14.2. The van der Waals surface area contributed by atoms with Crippen molar-refractivity contribution in [2.24, 2.45) is 0 Å². The van der Waals surface area contributed by atoms with Gasteiger partial charge in [0.15, 0.2) is 0 Å². The molecular formula is C24H27FN2O2. The number of hydrogen-bond acceptors (Lipinski definition) is 2. The SMILES string of the molecule is O=C(N1CC[C@]2(CCCCO2)C1)N1CCc2ccccc2[C@@H]1c1ccc(F)cc1. The van der Waals surface area contributed by atoms with Crippen molar-refractivity contribution in [3.05, 3.63) is 71.0 Å². The average molecular weight is 394 g/mol. The smallest absolute Gasteiger partial charge is 0.320 e. The Morgan fingerprint density at radius 3 is 2.66 bits per heavy atom. The lowest BCUT2D eigenvalue weighted by Crippen LogP contribution is -2.49. The molecule has 29 heavy (non-hydrogen) atoms. The van der Waals surface area contributed by atoms with Crippen molar-refractivity contribution < 1.29 is 13.9 Å². The molecule has 4 nitrogen and oxygen atoms in total. The Morgan fingerprint density at radius 1 is 1.03 bits per heavy atom. The second kappa shape index (κ2) is 7.45. The number of ether oxygens (including phenoxy) is 1. The number of urea groups is 1. The van der Waals surface area contributed by atoms with E-state index in [4.69, 9.17) is 4.74 Å². The molecular weight excluding hydrogens is 367 g/mol. The Hall–Kier alpha value is -2.40. The summed E-state index contributed by atoms with van der Waals surface area (Å²) < 4.78 is 19.7. The molecule has 3 aliphatic rings. The quantitative estimate of drug-likeness (QED) is 0.712. The zero-order valence-electron chi connectivity index (χ0n) is 16.6. The molecule has 2 fully saturated rings. The molecule has 1 spiro atoms. The fourth-order valence-electron chi connectivity index (χ4n) is 5.20. The number of hydrogen-bond donors (Lipinski definition) is 0. The first-order valence-corrected chi connectivity index (χ1v) is 10.7. The highest BCUT2D eigenvalue weighted by Gasteiger charge is 2.44. The van der Waals surface area contributed by atoms with Crippen LogP contribution in [0.3, 0.4) is 0 Å². The third-order valence-corrected chi connectivity index (χ3v) is 6.74. The molecule has 2 aromatic rings. The summed E-state index contributed by atoms with van der Waals surface area (Å²) in [5, 5.41) is 0. The lowest BCUT2D eigenvalue weighted by Gasteiger charge is -2.40. The van der Waals surface area contributed by atoms with Crippen LogP contribution >= 0.6 is 0 Å². The fourth-order valence-corrected chi connectivity index (χ4v) is 5.20. The van der Waals surface area contributed by atoms with Gasteiger partial charge in [0, 0.05) is 19.7 Å². The van der Waals surface area contributed by atoms with E-state index in [1.54, 1.807) is 12.1 Å². The van der Waals surface area contributed by atoms with Crippen LogP contribution in [0.5, 0.6) is 0 Å². The largest absolute Gasteiger partial charge is 0.373 e. The van der Waals surface area contributed by atoms with E-state index in [1.807, 2.05) is 21.9 Å². The highest BCUT2D eigenvalue weighted by molar-refractivity contribution is 5.76. The van der Waals surface area contributed by atoms with Gasteiger partial charge in [0.05, 0.1) is 18.2 Å². The maximum atomic E-state index is 13.6. The number of fused-ring (bicyclic) bond motifs is 1. The molecule has 5 rings (SSSR count).